The molecule has 8 nitrogen and oxygen atoms in total. The number of aryl methyl sites for hydroxylation is 1. The lowest BCUT2D eigenvalue weighted by atomic mass is 9.99. The van der Waals surface area contributed by atoms with E-state index in [1.54, 1.807) is 0 Å². The molecule has 41 heavy (non-hydrogen) atoms. The standard InChI is InChI=1S/C27H21F6N3O5/c1-15-22(41-19-5-2-4-18(13-19)27(31,32)33)20(12-16-6-8-17(9-7-16)26(28,29)30)21-23(34-15)35-25(39)36(24(21)38)10-3-11-40-14-37/h2,4-9,13-14H,3,10-12H2,1H3,(H,34,35,39). The van der Waals surface area contributed by atoms with Crippen molar-refractivity contribution in [3.8, 4) is 11.5 Å². The highest BCUT2D eigenvalue weighted by Crippen LogP contribution is 2.37. The van der Waals surface area contributed by atoms with E-state index in [4.69, 9.17) is 4.74 Å². The lowest BCUT2D eigenvalue weighted by Crippen LogP contribution is -2.36. The van der Waals surface area contributed by atoms with E-state index >= 15 is 0 Å². The van der Waals surface area contributed by atoms with Gasteiger partial charge in [-0.2, -0.15) is 26.3 Å². The van der Waals surface area contributed by atoms with Crippen molar-refractivity contribution in [3.05, 3.63) is 97.3 Å². The van der Waals surface area contributed by atoms with Gasteiger partial charge in [-0.25, -0.2) is 9.78 Å². The van der Waals surface area contributed by atoms with Crippen LogP contribution in [0.1, 0.15) is 34.4 Å². The Bertz CT molecular complexity index is 1690. The Kier molecular flexibility index (Phi) is 8.22. The summed E-state index contributed by atoms with van der Waals surface area (Å²) < 4.78 is 90.5. The van der Waals surface area contributed by atoms with E-state index in [-0.39, 0.29) is 66.3 Å². The van der Waals surface area contributed by atoms with E-state index in [0.29, 0.717) is 5.56 Å². The zero-order valence-corrected chi connectivity index (χ0v) is 21.2. The van der Waals surface area contributed by atoms with E-state index in [2.05, 4.69) is 14.7 Å². The molecular formula is C27H21F6N3O5. The number of hydrogen-bond donors (Lipinski definition) is 1. The smallest absolute Gasteiger partial charge is 0.416 e. The molecular weight excluding hydrogens is 560 g/mol. The maximum Gasteiger partial charge on any atom is 0.416 e. The normalized spacial score (nSPS) is 12.0. The topological polar surface area (TPSA) is 103 Å². The molecule has 0 unspecified atom stereocenters. The zero-order chi connectivity index (χ0) is 29.9. The summed E-state index contributed by atoms with van der Waals surface area (Å²) in [5.41, 5.74) is -3.17. The van der Waals surface area contributed by atoms with E-state index < -0.39 is 34.7 Å². The average Bonchev–Trinajstić information content (AvgIpc) is 2.89. The molecule has 0 radical (unpaired) electrons. The van der Waals surface area contributed by atoms with Crippen LogP contribution < -0.4 is 16.0 Å². The van der Waals surface area contributed by atoms with Gasteiger partial charge in [0.25, 0.3) is 12.0 Å². The highest BCUT2D eigenvalue weighted by molar-refractivity contribution is 5.81. The van der Waals surface area contributed by atoms with Crippen molar-refractivity contribution in [2.75, 3.05) is 6.61 Å². The molecule has 0 saturated carbocycles. The molecule has 1 N–H and O–H groups in total. The summed E-state index contributed by atoms with van der Waals surface area (Å²) in [7, 11) is 0. The molecule has 2 aromatic heterocycles. The van der Waals surface area contributed by atoms with Crippen molar-refractivity contribution in [2.45, 2.75) is 38.7 Å². The second-order valence-corrected chi connectivity index (χ2v) is 8.94. The summed E-state index contributed by atoms with van der Waals surface area (Å²) in [5.74, 6) is -0.329. The van der Waals surface area contributed by atoms with Crippen LogP contribution in [-0.2, 0) is 34.8 Å². The molecule has 0 fully saturated rings. The number of hydrogen-bond acceptors (Lipinski definition) is 6. The largest absolute Gasteiger partial charge is 0.468 e. The van der Waals surface area contributed by atoms with Gasteiger partial charge in [-0.3, -0.25) is 19.1 Å². The SMILES string of the molecule is Cc1nc2[nH]c(=O)n(CCCOC=O)c(=O)c2c(Cc2ccc(C(F)(F)F)cc2)c1Oc1cccc(C(F)(F)F)c1. The molecule has 4 aromatic rings. The van der Waals surface area contributed by atoms with Gasteiger partial charge in [-0.1, -0.05) is 18.2 Å². The van der Waals surface area contributed by atoms with Crippen LogP contribution in [-0.4, -0.2) is 27.6 Å². The number of benzene rings is 2. The Labute approximate surface area is 227 Å². The Morgan fingerprint density at radius 2 is 1.66 bits per heavy atom. The van der Waals surface area contributed by atoms with Gasteiger partial charge in [0.05, 0.1) is 28.8 Å². The van der Waals surface area contributed by atoms with Crippen molar-refractivity contribution in [1.29, 1.82) is 0 Å². The lowest BCUT2D eigenvalue weighted by Gasteiger charge is -2.18. The zero-order valence-electron chi connectivity index (χ0n) is 21.2. The number of carbonyl (C=O) groups is 1. The quantitative estimate of drug-likeness (QED) is 0.162. The van der Waals surface area contributed by atoms with Crippen LogP contribution in [0.4, 0.5) is 26.3 Å². The molecule has 0 bridgehead atoms. The van der Waals surface area contributed by atoms with Gasteiger partial charge >= 0.3 is 18.0 Å². The first kappa shape index (κ1) is 29.4. The van der Waals surface area contributed by atoms with Gasteiger partial charge < -0.3 is 9.47 Å². The number of nitrogens with zero attached hydrogens (tertiary/aromatic N) is 2. The van der Waals surface area contributed by atoms with Crippen molar-refractivity contribution in [3.63, 3.8) is 0 Å². The number of alkyl halides is 6. The third-order valence-corrected chi connectivity index (χ3v) is 6.11. The number of aromatic amines is 1. The Hall–Kier alpha value is -4.62. The van der Waals surface area contributed by atoms with Crippen LogP contribution in [0.5, 0.6) is 11.5 Å². The average molecular weight is 581 g/mol. The summed E-state index contributed by atoms with van der Waals surface area (Å²) >= 11 is 0. The third-order valence-electron chi connectivity index (χ3n) is 6.11. The number of halogens is 6. The number of pyridine rings is 1. The molecule has 0 spiro atoms. The second-order valence-electron chi connectivity index (χ2n) is 8.94. The lowest BCUT2D eigenvalue weighted by molar-refractivity contribution is -0.138. The third kappa shape index (κ3) is 6.58. The summed E-state index contributed by atoms with van der Waals surface area (Å²) in [6.45, 7) is 1.41. The van der Waals surface area contributed by atoms with E-state index in [9.17, 15) is 40.7 Å². The molecule has 0 aliphatic carbocycles. The minimum absolute atomic E-state index is 0.0815. The fourth-order valence-electron chi connectivity index (χ4n) is 4.20. The Morgan fingerprint density at radius 3 is 2.29 bits per heavy atom. The number of rotatable bonds is 9. The number of fused-ring (bicyclic) bond motifs is 1. The van der Waals surface area contributed by atoms with Crippen molar-refractivity contribution in [1.82, 2.24) is 14.5 Å². The summed E-state index contributed by atoms with van der Waals surface area (Å²) in [6, 6.07) is 8.09. The van der Waals surface area contributed by atoms with Crippen LogP contribution >= 0.6 is 0 Å². The molecule has 0 saturated heterocycles. The maximum absolute atomic E-state index is 13.6. The first-order valence-electron chi connectivity index (χ1n) is 12.0. The Morgan fingerprint density at radius 1 is 0.976 bits per heavy atom. The molecule has 0 aliphatic heterocycles. The molecule has 0 amide bonds. The van der Waals surface area contributed by atoms with Gasteiger partial charge in [0.15, 0.2) is 5.75 Å². The predicted molar refractivity (Wildman–Crippen MR) is 134 cm³/mol. The molecule has 2 heterocycles. The van der Waals surface area contributed by atoms with Gasteiger partial charge in [0.2, 0.25) is 0 Å². The number of nitrogens with one attached hydrogen (secondary N) is 1. The predicted octanol–water partition coefficient (Wildman–Crippen LogP) is 5.38. The molecule has 216 valence electrons. The number of H-pyrrole nitrogens is 1. The molecule has 14 heteroatoms. The fraction of sp³-hybridized carbons (Fsp3) is 0.259. The molecule has 0 atom stereocenters. The van der Waals surface area contributed by atoms with Crippen LogP contribution in [0.15, 0.2) is 58.1 Å². The highest BCUT2D eigenvalue weighted by Gasteiger charge is 2.31. The first-order valence-corrected chi connectivity index (χ1v) is 12.0. The summed E-state index contributed by atoms with van der Waals surface area (Å²) in [5, 5.41) is -0.145. The van der Waals surface area contributed by atoms with Crippen molar-refractivity contribution in [2.24, 2.45) is 0 Å². The van der Waals surface area contributed by atoms with Gasteiger partial charge in [0.1, 0.15) is 11.4 Å². The van der Waals surface area contributed by atoms with Gasteiger partial charge in [-0.05, 0) is 49.2 Å². The van der Waals surface area contributed by atoms with Gasteiger partial charge in [-0.15, -0.1) is 0 Å². The number of aromatic nitrogens is 3. The maximum atomic E-state index is 13.6. The second kappa shape index (κ2) is 11.5. The van der Waals surface area contributed by atoms with Crippen molar-refractivity contribution >= 4 is 17.5 Å². The number of ether oxygens (including phenoxy) is 2. The molecule has 0 aliphatic rings. The number of carbonyl (C=O) groups excluding carboxylic acids is 1. The minimum atomic E-state index is -4.67. The van der Waals surface area contributed by atoms with E-state index in [1.807, 2.05) is 0 Å². The first-order chi connectivity index (χ1) is 19.3. The van der Waals surface area contributed by atoms with Crippen LogP contribution in [0.3, 0.4) is 0 Å². The summed E-state index contributed by atoms with van der Waals surface area (Å²) in [6.07, 6.45) is -9.34. The molecule has 2 aromatic carbocycles. The van der Waals surface area contributed by atoms with Crippen LogP contribution in [0.25, 0.3) is 11.0 Å². The highest BCUT2D eigenvalue weighted by atomic mass is 19.4. The summed E-state index contributed by atoms with van der Waals surface area (Å²) in [4.78, 5) is 43.3. The fourth-order valence-corrected chi connectivity index (χ4v) is 4.20. The molecule has 4 rings (SSSR count). The van der Waals surface area contributed by atoms with Crippen LogP contribution in [0.2, 0.25) is 0 Å². The van der Waals surface area contributed by atoms with Crippen molar-refractivity contribution < 1.29 is 40.6 Å². The van der Waals surface area contributed by atoms with E-state index in [0.717, 1.165) is 34.9 Å². The monoisotopic (exact) mass is 581 g/mol. The Balaban J connectivity index is 1.90. The van der Waals surface area contributed by atoms with E-state index in [1.165, 1.54) is 25.1 Å². The van der Waals surface area contributed by atoms with Crippen LogP contribution in [0, 0.1) is 6.92 Å². The van der Waals surface area contributed by atoms with Gasteiger partial charge in [0, 0.05) is 18.5 Å². The minimum Gasteiger partial charge on any atom is -0.468 e.